The molecule has 1 N–H and O–H groups in total. The van der Waals surface area contributed by atoms with Crippen molar-refractivity contribution in [3.63, 3.8) is 0 Å². The maximum absolute atomic E-state index is 10.6. The lowest BCUT2D eigenvalue weighted by Crippen LogP contribution is -2.10. The summed E-state index contributed by atoms with van der Waals surface area (Å²) in [7, 11) is 1.52. The molecule has 3 aromatic rings. The van der Waals surface area contributed by atoms with Crippen molar-refractivity contribution in [3.05, 3.63) is 46.9 Å². The first kappa shape index (κ1) is 16.0. The zero-order valence-corrected chi connectivity index (χ0v) is 14.1. The fraction of sp³-hybridized carbons (Fsp3) is 0.278. The Morgan fingerprint density at radius 3 is 2.62 bits per heavy atom. The summed E-state index contributed by atoms with van der Waals surface area (Å²) >= 11 is 0. The van der Waals surface area contributed by atoms with E-state index in [-0.39, 0.29) is 5.41 Å². The number of rotatable bonds is 4. The first-order valence-corrected chi connectivity index (χ1v) is 7.60. The van der Waals surface area contributed by atoms with E-state index in [0.717, 1.165) is 5.52 Å². The van der Waals surface area contributed by atoms with Crippen LogP contribution in [0.4, 0.5) is 17.4 Å². The third-order valence-electron chi connectivity index (χ3n) is 3.79. The molecular weight excluding hydrogens is 306 g/mol. The van der Waals surface area contributed by atoms with E-state index in [2.05, 4.69) is 36.2 Å². The summed E-state index contributed by atoms with van der Waals surface area (Å²) in [5, 5.41) is 5.97. The van der Waals surface area contributed by atoms with Crippen LogP contribution in [0.25, 0.3) is 11.1 Å². The molecule has 0 aliphatic rings. The van der Waals surface area contributed by atoms with E-state index in [4.69, 9.17) is 9.15 Å². The number of methoxy groups -OCH3 is 1. The summed E-state index contributed by atoms with van der Waals surface area (Å²) in [5.74, 6) is 0.490. The Labute approximate surface area is 139 Å². The third-order valence-corrected chi connectivity index (χ3v) is 3.79. The molecule has 0 fully saturated rings. The van der Waals surface area contributed by atoms with Crippen LogP contribution in [0, 0.1) is 4.91 Å². The predicted octanol–water partition coefficient (Wildman–Crippen LogP) is 5.28. The van der Waals surface area contributed by atoms with Crippen LogP contribution >= 0.6 is 0 Å². The lowest BCUT2D eigenvalue weighted by molar-refractivity contribution is 0.416. The van der Waals surface area contributed by atoms with Crippen molar-refractivity contribution < 1.29 is 9.15 Å². The third kappa shape index (κ3) is 3.08. The van der Waals surface area contributed by atoms with Crippen LogP contribution in [0.3, 0.4) is 0 Å². The van der Waals surface area contributed by atoms with E-state index in [1.165, 1.54) is 12.7 Å². The molecular formula is C18H19N3O3. The van der Waals surface area contributed by atoms with E-state index in [1.807, 2.05) is 18.2 Å². The molecule has 1 heterocycles. The molecule has 0 aliphatic carbocycles. The fourth-order valence-corrected chi connectivity index (χ4v) is 2.40. The van der Waals surface area contributed by atoms with Crippen molar-refractivity contribution >= 4 is 28.5 Å². The average molecular weight is 325 g/mol. The maximum Gasteiger partial charge on any atom is 0.300 e. The number of hydrogen-bond acceptors (Lipinski definition) is 6. The Kier molecular flexibility index (Phi) is 3.97. The fourth-order valence-electron chi connectivity index (χ4n) is 2.40. The van der Waals surface area contributed by atoms with E-state index in [9.17, 15) is 4.91 Å². The van der Waals surface area contributed by atoms with Crippen LogP contribution in [0.15, 0.2) is 46.0 Å². The molecule has 0 unspecified atom stereocenters. The predicted molar refractivity (Wildman–Crippen MR) is 94.4 cm³/mol. The van der Waals surface area contributed by atoms with Crippen molar-refractivity contribution in [2.75, 3.05) is 12.4 Å². The van der Waals surface area contributed by atoms with Gasteiger partial charge < -0.3 is 14.5 Å². The highest BCUT2D eigenvalue weighted by Crippen LogP contribution is 2.33. The van der Waals surface area contributed by atoms with Crippen molar-refractivity contribution in [1.29, 1.82) is 0 Å². The van der Waals surface area contributed by atoms with E-state index >= 15 is 0 Å². The molecule has 0 bridgehead atoms. The number of nitrogens with one attached hydrogen (secondary N) is 1. The summed E-state index contributed by atoms with van der Waals surface area (Å²) in [6, 6.07) is 11.2. The SMILES string of the molecule is COc1cc(N=O)ccc1Nc1nc2cc(C(C)(C)C)ccc2o1. The Bertz CT molecular complexity index is 894. The highest BCUT2D eigenvalue weighted by molar-refractivity contribution is 5.77. The monoisotopic (exact) mass is 325 g/mol. The average Bonchev–Trinajstić information content (AvgIpc) is 2.95. The lowest BCUT2D eigenvalue weighted by Gasteiger charge is -2.18. The number of nitrogens with zero attached hydrogens (tertiary/aromatic N) is 2. The minimum atomic E-state index is 0.0433. The second-order valence-electron chi connectivity index (χ2n) is 6.55. The second kappa shape index (κ2) is 5.96. The van der Waals surface area contributed by atoms with Crippen molar-refractivity contribution in [2.45, 2.75) is 26.2 Å². The minimum absolute atomic E-state index is 0.0433. The molecule has 1 aromatic heterocycles. The van der Waals surface area contributed by atoms with Gasteiger partial charge in [0.2, 0.25) is 0 Å². The Hall–Kier alpha value is -2.89. The topological polar surface area (TPSA) is 76.7 Å². The van der Waals surface area contributed by atoms with Crippen LogP contribution in [-0.2, 0) is 5.41 Å². The quantitative estimate of drug-likeness (QED) is 0.661. The molecule has 124 valence electrons. The van der Waals surface area contributed by atoms with Crippen LogP contribution in [0.5, 0.6) is 5.75 Å². The van der Waals surface area contributed by atoms with Gasteiger partial charge in [-0.15, -0.1) is 4.91 Å². The molecule has 0 radical (unpaired) electrons. The molecule has 0 atom stereocenters. The van der Waals surface area contributed by atoms with Crippen molar-refractivity contribution in [3.8, 4) is 5.75 Å². The first-order valence-electron chi connectivity index (χ1n) is 7.60. The van der Waals surface area contributed by atoms with Crippen molar-refractivity contribution in [2.24, 2.45) is 5.18 Å². The molecule has 6 nitrogen and oxygen atoms in total. The summed E-state index contributed by atoms with van der Waals surface area (Å²) in [6.07, 6.45) is 0. The normalized spacial score (nSPS) is 11.5. The Morgan fingerprint density at radius 2 is 1.96 bits per heavy atom. The number of benzene rings is 2. The number of anilines is 2. The summed E-state index contributed by atoms with van der Waals surface area (Å²) in [4.78, 5) is 15.1. The molecule has 6 heteroatoms. The van der Waals surface area contributed by atoms with Crippen molar-refractivity contribution in [1.82, 2.24) is 4.98 Å². The van der Waals surface area contributed by atoms with Crippen LogP contribution < -0.4 is 10.1 Å². The van der Waals surface area contributed by atoms with Gasteiger partial charge in [-0.1, -0.05) is 26.8 Å². The number of aromatic nitrogens is 1. The maximum atomic E-state index is 10.6. The molecule has 0 spiro atoms. The highest BCUT2D eigenvalue weighted by Gasteiger charge is 2.16. The lowest BCUT2D eigenvalue weighted by atomic mass is 9.87. The zero-order chi connectivity index (χ0) is 17.3. The van der Waals surface area contributed by atoms with Gasteiger partial charge in [-0.3, -0.25) is 0 Å². The number of fused-ring (bicyclic) bond motifs is 1. The van der Waals surface area contributed by atoms with E-state index in [0.29, 0.717) is 28.7 Å². The molecule has 0 amide bonds. The van der Waals surface area contributed by atoms with Gasteiger partial charge in [-0.25, -0.2) is 0 Å². The van der Waals surface area contributed by atoms with Crippen LogP contribution in [-0.4, -0.2) is 12.1 Å². The largest absolute Gasteiger partial charge is 0.494 e. The Balaban J connectivity index is 1.95. The minimum Gasteiger partial charge on any atom is -0.494 e. The Morgan fingerprint density at radius 1 is 1.17 bits per heavy atom. The van der Waals surface area contributed by atoms with Crippen LogP contribution in [0.2, 0.25) is 0 Å². The summed E-state index contributed by atoms with van der Waals surface area (Å²) < 4.78 is 11.0. The number of ether oxygens (including phenoxy) is 1. The van der Waals surface area contributed by atoms with Crippen LogP contribution in [0.1, 0.15) is 26.3 Å². The molecule has 3 rings (SSSR count). The molecule has 0 saturated carbocycles. The number of nitroso groups, excluding NO2 is 1. The standard InChI is InChI=1S/C18H19N3O3/c1-18(2,3)11-5-8-15-14(9-11)20-17(24-15)19-13-7-6-12(21-22)10-16(13)23-4/h5-10H,1-4H3,(H,19,20). The van der Waals surface area contributed by atoms with E-state index in [1.54, 1.807) is 18.2 Å². The molecule has 0 saturated heterocycles. The summed E-state index contributed by atoms with van der Waals surface area (Å²) in [5.41, 5.74) is 3.67. The van der Waals surface area contributed by atoms with Gasteiger partial charge in [0, 0.05) is 6.07 Å². The highest BCUT2D eigenvalue weighted by atomic mass is 16.5. The van der Waals surface area contributed by atoms with E-state index < -0.39 is 0 Å². The van der Waals surface area contributed by atoms with Gasteiger partial charge in [-0.05, 0) is 40.4 Å². The first-order chi connectivity index (χ1) is 11.4. The van der Waals surface area contributed by atoms with Gasteiger partial charge in [0.15, 0.2) is 5.58 Å². The summed E-state index contributed by atoms with van der Waals surface area (Å²) in [6.45, 7) is 6.46. The van der Waals surface area contributed by atoms with Gasteiger partial charge in [0.25, 0.3) is 6.01 Å². The number of oxazole rings is 1. The van der Waals surface area contributed by atoms with Gasteiger partial charge in [0.1, 0.15) is 17.0 Å². The van der Waals surface area contributed by atoms with Gasteiger partial charge >= 0.3 is 0 Å². The van der Waals surface area contributed by atoms with Gasteiger partial charge in [0.05, 0.1) is 12.8 Å². The zero-order valence-electron chi connectivity index (χ0n) is 14.1. The second-order valence-corrected chi connectivity index (χ2v) is 6.55. The molecule has 2 aromatic carbocycles. The molecule has 0 aliphatic heterocycles. The smallest absolute Gasteiger partial charge is 0.300 e. The molecule has 24 heavy (non-hydrogen) atoms. The van der Waals surface area contributed by atoms with Gasteiger partial charge in [-0.2, -0.15) is 4.98 Å². The number of hydrogen-bond donors (Lipinski definition) is 1.